The van der Waals surface area contributed by atoms with Crippen molar-refractivity contribution in [2.45, 2.75) is 6.54 Å². The Bertz CT molecular complexity index is 1220. The molecule has 1 amide bonds. The van der Waals surface area contributed by atoms with E-state index in [1.807, 2.05) is 30.3 Å². The predicted octanol–water partition coefficient (Wildman–Crippen LogP) is 2.07. The minimum absolute atomic E-state index is 0.201. The second-order valence-electron chi connectivity index (χ2n) is 5.60. The van der Waals surface area contributed by atoms with E-state index in [2.05, 4.69) is 10.3 Å². The molecule has 0 aliphatic carbocycles. The van der Waals surface area contributed by atoms with Crippen LogP contribution in [0.15, 0.2) is 68.7 Å². The third-order valence-electron chi connectivity index (χ3n) is 3.87. The lowest BCUT2D eigenvalue weighted by Crippen LogP contribution is -2.32. The molecule has 0 spiro atoms. The molecular weight excluding hydrogens is 322 g/mol. The zero-order chi connectivity index (χ0) is 17.4. The lowest BCUT2D eigenvalue weighted by atomic mass is 10.1. The van der Waals surface area contributed by atoms with Gasteiger partial charge in [0.05, 0.1) is 0 Å². The number of furan rings is 1. The Morgan fingerprint density at radius 2 is 1.84 bits per heavy atom. The number of nitrogens with one attached hydrogen (secondary N) is 2. The highest BCUT2D eigenvalue weighted by Gasteiger charge is 2.09. The number of aromatic amines is 1. The fourth-order valence-electron chi connectivity index (χ4n) is 2.73. The van der Waals surface area contributed by atoms with Crippen LogP contribution in [0.5, 0.6) is 0 Å². The van der Waals surface area contributed by atoms with Crippen molar-refractivity contribution in [3.63, 3.8) is 0 Å². The van der Waals surface area contributed by atoms with E-state index in [4.69, 9.17) is 4.42 Å². The maximum absolute atomic E-state index is 12.1. The second kappa shape index (κ2) is 5.79. The Hall–Kier alpha value is -3.61. The van der Waals surface area contributed by atoms with E-state index in [0.717, 1.165) is 20.9 Å². The van der Waals surface area contributed by atoms with Crippen molar-refractivity contribution < 1.29 is 9.21 Å². The number of carbonyl (C=O) groups is 1. The van der Waals surface area contributed by atoms with Crippen LogP contribution in [0, 0.1) is 0 Å². The normalized spacial score (nSPS) is 11.0. The number of amides is 1. The van der Waals surface area contributed by atoms with Crippen molar-refractivity contribution in [2.24, 2.45) is 0 Å². The van der Waals surface area contributed by atoms with Gasteiger partial charge in [-0.3, -0.25) is 19.1 Å². The van der Waals surface area contributed by atoms with Crippen LogP contribution in [0.2, 0.25) is 0 Å². The number of hydrogen-bond donors (Lipinski definition) is 2. The molecule has 2 heterocycles. The number of H-pyrrole nitrogens is 1. The molecule has 0 bridgehead atoms. The number of carbonyl (C=O) groups excluding carboxylic acids is 1. The lowest BCUT2D eigenvalue weighted by Gasteiger charge is -2.06. The zero-order valence-electron chi connectivity index (χ0n) is 13.0. The van der Waals surface area contributed by atoms with E-state index in [1.165, 1.54) is 12.3 Å². The van der Waals surface area contributed by atoms with Gasteiger partial charge in [-0.1, -0.05) is 18.2 Å². The third-order valence-corrected chi connectivity index (χ3v) is 3.87. The summed E-state index contributed by atoms with van der Waals surface area (Å²) in [6.45, 7) is -0.201. The summed E-state index contributed by atoms with van der Waals surface area (Å²) in [6, 6.07) is 14.3. The molecule has 25 heavy (non-hydrogen) atoms. The Morgan fingerprint density at radius 1 is 1.04 bits per heavy atom. The van der Waals surface area contributed by atoms with E-state index >= 15 is 0 Å². The lowest BCUT2D eigenvalue weighted by molar-refractivity contribution is -0.116. The highest BCUT2D eigenvalue weighted by Crippen LogP contribution is 2.30. The molecule has 0 radical (unpaired) electrons. The van der Waals surface area contributed by atoms with Crippen LogP contribution in [0.4, 0.5) is 5.69 Å². The maximum Gasteiger partial charge on any atom is 0.328 e. The van der Waals surface area contributed by atoms with Gasteiger partial charge in [0.2, 0.25) is 5.91 Å². The summed E-state index contributed by atoms with van der Waals surface area (Å²) in [6.07, 6.45) is 1.28. The molecule has 0 fully saturated rings. The number of aromatic nitrogens is 2. The molecule has 0 saturated heterocycles. The molecule has 2 aromatic heterocycles. The average molecular weight is 335 g/mol. The van der Waals surface area contributed by atoms with Crippen LogP contribution >= 0.6 is 0 Å². The summed E-state index contributed by atoms with van der Waals surface area (Å²) >= 11 is 0. The van der Waals surface area contributed by atoms with Gasteiger partial charge in [0, 0.05) is 34.8 Å². The molecule has 7 heteroatoms. The molecule has 0 saturated carbocycles. The zero-order valence-corrected chi connectivity index (χ0v) is 13.0. The van der Waals surface area contributed by atoms with Gasteiger partial charge in [-0.05, 0) is 18.2 Å². The summed E-state index contributed by atoms with van der Waals surface area (Å²) in [4.78, 5) is 36.9. The molecule has 2 N–H and O–H groups in total. The number of benzene rings is 2. The molecule has 0 aliphatic heterocycles. The molecule has 2 aromatic carbocycles. The third kappa shape index (κ3) is 2.83. The monoisotopic (exact) mass is 335 g/mol. The summed E-state index contributed by atoms with van der Waals surface area (Å²) in [5.41, 5.74) is 0.877. The number of anilines is 1. The molecule has 0 aliphatic rings. The van der Waals surface area contributed by atoms with E-state index in [0.29, 0.717) is 11.3 Å². The van der Waals surface area contributed by atoms with E-state index < -0.39 is 11.2 Å². The van der Waals surface area contributed by atoms with Crippen LogP contribution < -0.4 is 16.6 Å². The minimum Gasteiger partial charge on any atom is -0.456 e. The smallest absolute Gasteiger partial charge is 0.328 e. The molecule has 0 atom stereocenters. The number of nitrogens with zero attached hydrogens (tertiary/aromatic N) is 1. The number of rotatable bonds is 3. The van der Waals surface area contributed by atoms with E-state index in [1.54, 1.807) is 12.1 Å². The van der Waals surface area contributed by atoms with Crippen molar-refractivity contribution in [1.29, 1.82) is 0 Å². The Morgan fingerprint density at radius 3 is 2.68 bits per heavy atom. The minimum atomic E-state index is -0.629. The highest BCUT2D eigenvalue weighted by molar-refractivity contribution is 6.06. The first-order valence-electron chi connectivity index (χ1n) is 7.61. The van der Waals surface area contributed by atoms with Crippen LogP contribution in [-0.4, -0.2) is 15.5 Å². The number of para-hydroxylation sites is 1. The Balaban J connectivity index is 1.59. The largest absolute Gasteiger partial charge is 0.456 e. The number of fused-ring (bicyclic) bond motifs is 3. The quantitative estimate of drug-likeness (QED) is 0.599. The molecule has 4 aromatic rings. The Labute approximate surface area is 140 Å². The van der Waals surface area contributed by atoms with Crippen molar-refractivity contribution in [1.82, 2.24) is 9.55 Å². The highest BCUT2D eigenvalue weighted by atomic mass is 16.3. The molecule has 124 valence electrons. The summed E-state index contributed by atoms with van der Waals surface area (Å²) < 4.78 is 6.90. The van der Waals surface area contributed by atoms with E-state index in [-0.39, 0.29) is 12.5 Å². The Kier molecular flexibility index (Phi) is 3.46. The first-order chi connectivity index (χ1) is 12.1. The van der Waals surface area contributed by atoms with Gasteiger partial charge in [-0.25, -0.2) is 4.79 Å². The van der Waals surface area contributed by atoms with Crippen molar-refractivity contribution in [3.8, 4) is 0 Å². The van der Waals surface area contributed by atoms with Crippen molar-refractivity contribution in [3.05, 3.63) is 75.6 Å². The summed E-state index contributed by atoms with van der Waals surface area (Å²) in [7, 11) is 0. The van der Waals surface area contributed by atoms with Crippen LogP contribution in [0.3, 0.4) is 0 Å². The first-order valence-corrected chi connectivity index (χ1v) is 7.61. The van der Waals surface area contributed by atoms with Gasteiger partial charge in [-0.15, -0.1) is 0 Å². The van der Waals surface area contributed by atoms with Crippen LogP contribution in [0.1, 0.15) is 0 Å². The molecule has 4 rings (SSSR count). The van der Waals surface area contributed by atoms with Gasteiger partial charge in [0.15, 0.2) is 0 Å². The topological polar surface area (TPSA) is 97.1 Å². The molecule has 7 nitrogen and oxygen atoms in total. The fourth-order valence-corrected chi connectivity index (χ4v) is 2.73. The standard InChI is InChI=1S/C18H13N3O4/c22-16-7-8-21(18(24)20-16)10-17(23)19-11-5-6-13-12-3-1-2-4-14(12)25-15(13)9-11/h1-9H,10H2,(H,19,23)(H,20,22,24). The first kappa shape index (κ1) is 14.9. The molecular formula is C18H13N3O4. The van der Waals surface area contributed by atoms with Crippen molar-refractivity contribution >= 4 is 33.5 Å². The van der Waals surface area contributed by atoms with Gasteiger partial charge < -0.3 is 9.73 Å². The van der Waals surface area contributed by atoms with Gasteiger partial charge in [-0.2, -0.15) is 0 Å². The van der Waals surface area contributed by atoms with Gasteiger partial charge >= 0.3 is 5.69 Å². The number of hydrogen-bond acceptors (Lipinski definition) is 4. The van der Waals surface area contributed by atoms with E-state index in [9.17, 15) is 14.4 Å². The van der Waals surface area contributed by atoms with Crippen LogP contribution in [-0.2, 0) is 11.3 Å². The summed E-state index contributed by atoms with van der Waals surface area (Å²) in [5, 5.41) is 4.69. The summed E-state index contributed by atoms with van der Waals surface area (Å²) in [5.74, 6) is -0.385. The fraction of sp³-hybridized carbons (Fsp3) is 0.0556. The van der Waals surface area contributed by atoms with Crippen LogP contribution in [0.25, 0.3) is 21.9 Å². The SMILES string of the molecule is O=C(Cn1ccc(=O)[nH]c1=O)Nc1ccc2c(c1)oc1ccccc12. The predicted molar refractivity (Wildman–Crippen MR) is 93.7 cm³/mol. The maximum atomic E-state index is 12.1. The van der Waals surface area contributed by atoms with Crippen molar-refractivity contribution in [2.75, 3.05) is 5.32 Å². The average Bonchev–Trinajstić information content (AvgIpc) is 2.95. The van der Waals surface area contributed by atoms with Gasteiger partial charge in [0.1, 0.15) is 17.7 Å². The van der Waals surface area contributed by atoms with Gasteiger partial charge in [0.25, 0.3) is 5.56 Å². The molecule has 0 unspecified atom stereocenters. The second-order valence-corrected chi connectivity index (χ2v) is 5.60.